The van der Waals surface area contributed by atoms with E-state index in [1.54, 1.807) is 36.4 Å². The molecule has 0 saturated carbocycles. The number of Topliss-reactive ketones (excluding diaryl/α,β-unsaturated/α-hetero) is 1. The molecule has 30 heavy (non-hydrogen) atoms. The molecule has 154 valence electrons. The molecule has 1 aliphatic rings. The Morgan fingerprint density at radius 3 is 2.40 bits per heavy atom. The van der Waals surface area contributed by atoms with Crippen LogP contribution in [0.25, 0.3) is 11.8 Å². The summed E-state index contributed by atoms with van der Waals surface area (Å²) in [6.45, 7) is 1.97. The standard InChI is InChI=1S/C24H23NO5/c1-16-9-12-18(13-10-16)22(28)21-19(14-11-17-6-3-2-4-7-17)25(24(30)23(21)29)15-5-8-20(26)27/h2-4,6-7,9-14,19,28H,5,8,15H2,1H3,(H,26,27)/p-1/b14-11+,22-21?/t19-/m0/s1. The lowest BCUT2D eigenvalue weighted by Crippen LogP contribution is -2.35. The lowest BCUT2D eigenvalue weighted by molar-refractivity contribution is -0.305. The van der Waals surface area contributed by atoms with Crippen molar-refractivity contribution in [3.63, 3.8) is 0 Å². The Kier molecular flexibility index (Phi) is 6.47. The summed E-state index contributed by atoms with van der Waals surface area (Å²) in [5.41, 5.74) is 2.29. The monoisotopic (exact) mass is 404 g/mol. The number of aliphatic hydroxyl groups excluding tert-OH is 1. The first kappa shape index (κ1) is 21.0. The van der Waals surface area contributed by atoms with Gasteiger partial charge >= 0.3 is 0 Å². The van der Waals surface area contributed by atoms with Gasteiger partial charge in [0.25, 0.3) is 11.7 Å². The molecule has 2 aromatic carbocycles. The molecule has 0 radical (unpaired) electrons. The highest BCUT2D eigenvalue weighted by molar-refractivity contribution is 6.47. The van der Waals surface area contributed by atoms with Gasteiger partial charge in [0.15, 0.2) is 0 Å². The molecule has 0 bridgehead atoms. The maximum atomic E-state index is 12.7. The smallest absolute Gasteiger partial charge is 0.295 e. The van der Waals surface area contributed by atoms with E-state index in [0.717, 1.165) is 11.1 Å². The summed E-state index contributed by atoms with van der Waals surface area (Å²) >= 11 is 0. The number of aliphatic carboxylic acids is 1. The Balaban J connectivity index is 2.01. The molecule has 1 aliphatic heterocycles. The zero-order valence-electron chi connectivity index (χ0n) is 16.6. The second-order valence-electron chi connectivity index (χ2n) is 7.15. The highest BCUT2D eigenvalue weighted by atomic mass is 16.4. The van der Waals surface area contributed by atoms with Crippen LogP contribution in [-0.4, -0.2) is 40.3 Å². The average molecular weight is 404 g/mol. The molecule has 6 nitrogen and oxygen atoms in total. The van der Waals surface area contributed by atoms with Crippen LogP contribution < -0.4 is 5.11 Å². The first-order chi connectivity index (χ1) is 14.4. The first-order valence-electron chi connectivity index (χ1n) is 9.67. The van der Waals surface area contributed by atoms with Gasteiger partial charge < -0.3 is 19.9 Å². The van der Waals surface area contributed by atoms with Gasteiger partial charge in [0.2, 0.25) is 0 Å². The molecule has 0 aromatic heterocycles. The number of ketones is 1. The molecule has 1 amide bonds. The predicted molar refractivity (Wildman–Crippen MR) is 111 cm³/mol. The first-order valence-corrected chi connectivity index (χ1v) is 9.67. The minimum absolute atomic E-state index is 0.00974. The van der Waals surface area contributed by atoms with E-state index < -0.39 is 23.7 Å². The fourth-order valence-corrected chi connectivity index (χ4v) is 3.38. The minimum atomic E-state index is -1.22. The van der Waals surface area contributed by atoms with Gasteiger partial charge in [0.1, 0.15) is 5.76 Å². The van der Waals surface area contributed by atoms with Crippen LogP contribution in [0.15, 0.2) is 66.2 Å². The lowest BCUT2D eigenvalue weighted by atomic mass is 9.99. The second kappa shape index (κ2) is 9.22. The molecule has 1 fully saturated rings. The number of nitrogens with zero attached hydrogens (tertiary/aromatic N) is 1. The Morgan fingerprint density at radius 1 is 1.10 bits per heavy atom. The molecule has 1 heterocycles. The Hall–Kier alpha value is -3.67. The molecule has 0 spiro atoms. The number of carbonyl (C=O) groups is 3. The maximum Gasteiger partial charge on any atom is 0.295 e. The molecule has 1 N–H and O–H groups in total. The maximum absolute atomic E-state index is 12.7. The van der Waals surface area contributed by atoms with Crippen LogP contribution in [0.5, 0.6) is 0 Å². The predicted octanol–water partition coefficient (Wildman–Crippen LogP) is 2.29. The number of carbonyl (C=O) groups excluding carboxylic acids is 3. The van der Waals surface area contributed by atoms with Gasteiger partial charge in [-0.15, -0.1) is 0 Å². The Morgan fingerprint density at radius 2 is 1.77 bits per heavy atom. The summed E-state index contributed by atoms with van der Waals surface area (Å²) in [6.07, 6.45) is 3.37. The number of carboxylic acids is 1. The van der Waals surface area contributed by atoms with Crippen molar-refractivity contribution < 1.29 is 24.6 Å². The molecular formula is C24H22NO5-. The number of hydrogen-bond donors (Lipinski definition) is 1. The van der Waals surface area contributed by atoms with Gasteiger partial charge in [-0.1, -0.05) is 72.3 Å². The van der Waals surface area contributed by atoms with E-state index in [0.29, 0.717) is 5.56 Å². The van der Waals surface area contributed by atoms with E-state index in [4.69, 9.17) is 0 Å². The summed E-state index contributed by atoms with van der Waals surface area (Å²) in [5, 5.41) is 21.6. The number of likely N-dealkylation sites (tertiary alicyclic amines) is 1. The van der Waals surface area contributed by atoms with Crippen molar-refractivity contribution in [2.24, 2.45) is 0 Å². The fourth-order valence-electron chi connectivity index (χ4n) is 3.38. The van der Waals surface area contributed by atoms with Crippen molar-refractivity contribution in [3.05, 3.63) is 82.9 Å². The van der Waals surface area contributed by atoms with E-state index in [1.807, 2.05) is 37.3 Å². The van der Waals surface area contributed by atoms with Gasteiger partial charge in [0, 0.05) is 18.1 Å². The number of aliphatic hydroxyl groups is 1. The molecular weight excluding hydrogens is 382 g/mol. The number of benzene rings is 2. The molecule has 0 unspecified atom stereocenters. The second-order valence-corrected chi connectivity index (χ2v) is 7.15. The van der Waals surface area contributed by atoms with E-state index in [9.17, 15) is 24.6 Å². The van der Waals surface area contributed by atoms with Gasteiger partial charge in [-0.3, -0.25) is 9.59 Å². The third kappa shape index (κ3) is 4.66. The van der Waals surface area contributed by atoms with E-state index in [2.05, 4.69) is 0 Å². The third-order valence-corrected chi connectivity index (χ3v) is 4.96. The van der Waals surface area contributed by atoms with E-state index in [-0.39, 0.29) is 30.7 Å². The quantitative estimate of drug-likeness (QED) is 0.434. The zero-order valence-corrected chi connectivity index (χ0v) is 16.6. The van der Waals surface area contributed by atoms with Crippen LogP contribution in [0.3, 0.4) is 0 Å². The summed E-state index contributed by atoms with van der Waals surface area (Å²) in [4.78, 5) is 37.4. The normalized spacial score (nSPS) is 18.3. The van der Waals surface area contributed by atoms with Gasteiger partial charge in [-0.05, 0) is 25.3 Å². The van der Waals surface area contributed by atoms with Crippen molar-refractivity contribution in [2.75, 3.05) is 6.54 Å². The third-order valence-electron chi connectivity index (χ3n) is 4.96. The number of aryl methyl sites for hydroxylation is 1. The van der Waals surface area contributed by atoms with E-state index >= 15 is 0 Å². The average Bonchev–Trinajstić information content (AvgIpc) is 2.97. The highest BCUT2D eigenvalue weighted by Crippen LogP contribution is 2.30. The molecule has 2 aromatic rings. The summed E-state index contributed by atoms with van der Waals surface area (Å²) < 4.78 is 0. The lowest BCUT2D eigenvalue weighted by Gasteiger charge is -2.22. The Bertz CT molecular complexity index is 1010. The van der Waals surface area contributed by atoms with Crippen molar-refractivity contribution in [1.82, 2.24) is 4.90 Å². The van der Waals surface area contributed by atoms with Crippen LogP contribution in [-0.2, 0) is 14.4 Å². The van der Waals surface area contributed by atoms with E-state index in [1.165, 1.54) is 4.90 Å². The van der Waals surface area contributed by atoms with Crippen LogP contribution >= 0.6 is 0 Å². The molecule has 1 atom stereocenters. The summed E-state index contributed by atoms with van der Waals surface area (Å²) in [7, 11) is 0. The molecule has 1 saturated heterocycles. The van der Waals surface area contributed by atoms with Crippen LogP contribution in [0.1, 0.15) is 29.5 Å². The highest BCUT2D eigenvalue weighted by Gasteiger charge is 2.43. The van der Waals surface area contributed by atoms with Crippen molar-refractivity contribution >= 4 is 29.5 Å². The topological polar surface area (TPSA) is 97.7 Å². The van der Waals surface area contributed by atoms with Crippen LogP contribution in [0, 0.1) is 6.92 Å². The van der Waals surface area contributed by atoms with Gasteiger partial charge in [0.05, 0.1) is 11.6 Å². The number of rotatable bonds is 7. The molecule has 6 heteroatoms. The number of hydrogen-bond acceptors (Lipinski definition) is 5. The zero-order chi connectivity index (χ0) is 21.7. The largest absolute Gasteiger partial charge is 0.550 e. The van der Waals surface area contributed by atoms with Crippen molar-refractivity contribution in [2.45, 2.75) is 25.8 Å². The molecule has 3 rings (SSSR count). The minimum Gasteiger partial charge on any atom is -0.550 e. The number of amides is 1. The van der Waals surface area contributed by atoms with Crippen molar-refractivity contribution in [3.8, 4) is 0 Å². The van der Waals surface area contributed by atoms with Crippen LogP contribution in [0.2, 0.25) is 0 Å². The summed E-state index contributed by atoms with van der Waals surface area (Å²) in [5.74, 6) is -3.02. The van der Waals surface area contributed by atoms with Gasteiger partial charge in [-0.2, -0.15) is 0 Å². The Labute approximate surface area is 174 Å². The summed E-state index contributed by atoms with van der Waals surface area (Å²) in [6, 6.07) is 15.5. The van der Waals surface area contributed by atoms with Crippen molar-refractivity contribution in [1.29, 1.82) is 0 Å². The SMILES string of the molecule is Cc1ccc(C(O)=C2C(=O)C(=O)N(CCCC(=O)[O-])[C@H]2/C=C/c2ccccc2)cc1. The van der Waals surface area contributed by atoms with Crippen LogP contribution in [0.4, 0.5) is 0 Å². The fraction of sp³-hybridized carbons (Fsp3) is 0.208. The van der Waals surface area contributed by atoms with Gasteiger partial charge in [-0.25, -0.2) is 0 Å². The number of carboxylic acid groups (broad SMARTS) is 1. The molecule has 0 aliphatic carbocycles.